The fourth-order valence-electron chi connectivity index (χ4n) is 1.63. The van der Waals surface area contributed by atoms with Crippen LogP contribution in [0.3, 0.4) is 0 Å². The summed E-state index contributed by atoms with van der Waals surface area (Å²) in [4.78, 5) is 23.7. The highest BCUT2D eigenvalue weighted by Gasteiger charge is 2.13. The second kappa shape index (κ2) is 7.97. The van der Waals surface area contributed by atoms with Gasteiger partial charge in [0.2, 0.25) is 5.88 Å². The molecule has 0 bridgehead atoms. The maximum atomic E-state index is 11.2. The Kier molecular flexibility index (Phi) is 5.74. The van der Waals surface area contributed by atoms with E-state index < -0.39 is 6.09 Å². The minimum atomic E-state index is -0.610. The minimum absolute atomic E-state index is 0.152. The minimum Gasteiger partial charge on any atom is -0.453 e. The first-order chi connectivity index (χ1) is 11.5. The number of benzene rings is 1. The van der Waals surface area contributed by atoms with Gasteiger partial charge in [0, 0.05) is 5.69 Å². The molecule has 2 rings (SSSR count). The molecule has 10 heteroatoms. The fourth-order valence-corrected chi connectivity index (χ4v) is 1.85. The molecule has 0 aliphatic heterocycles. The molecule has 2 aromatic rings. The quantitative estimate of drug-likeness (QED) is 0.627. The van der Waals surface area contributed by atoms with Crippen molar-refractivity contribution in [3.63, 3.8) is 0 Å². The van der Waals surface area contributed by atoms with Crippen LogP contribution >= 0.6 is 11.6 Å². The highest BCUT2D eigenvalue weighted by molar-refractivity contribution is 6.32. The van der Waals surface area contributed by atoms with Crippen molar-refractivity contribution in [2.75, 3.05) is 25.3 Å². The number of nitrogens with zero attached hydrogens (tertiary/aromatic N) is 3. The van der Waals surface area contributed by atoms with Crippen LogP contribution in [0.5, 0.6) is 11.6 Å². The Labute approximate surface area is 142 Å². The van der Waals surface area contributed by atoms with Gasteiger partial charge in [0.25, 0.3) is 0 Å². The molecule has 0 aliphatic rings. The normalized spacial score (nSPS) is 10.5. The van der Waals surface area contributed by atoms with E-state index in [1.165, 1.54) is 32.8 Å². The van der Waals surface area contributed by atoms with Gasteiger partial charge in [-0.3, -0.25) is 5.32 Å². The Balaban J connectivity index is 2.27. The molecule has 0 saturated carbocycles. The Morgan fingerprint density at radius 3 is 2.83 bits per heavy atom. The summed E-state index contributed by atoms with van der Waals surface area (Å²) in [5.41, 5.74) is 6.56. The second-order valence-electron chi connectivity index (χ2n) is 4.26. The van der Waals surface area contributed by atoms with Gasteiger partial charge < -0.3 is 20.0 Å². The smallest absolute Gasteiger partial charge is 0.411 e. The average molecular weight is 352 g/mol. The van der Waals surface area contributed by atoms with Crippen molar-refractivity contribution >= 4 is 35.4 Å². The van der Waals surface area contributed by atoms with Crippen LogP contribution in [0.15, 0.2) is 29.7 Å². The molecule has 0 saturated heterocycles. The van der Waals surface area contributed by atoms with Gasteiger partial charge in [0.05, 0.1) is 18.3 Å². The molecule has 1 aromatic carbocycles. The predicted octanol–water partition coefficient (Wildman–Crippen LogP) is 2.66. The monoisotopic (exact) mass is 351 g/mol. The Morgan fingerprint density at radius 1 is 1.38 bits per heavy atom. The summed E-state index contributed by atoms with van der Waals surface area (Å²) in [6.45, 7) is 0. The van der Waals surface area contributed by atoms with Crippen molar-refractivity contribution < 1.29 is 19.1 Å². The molecule has 0 aliphatic carbocycles. The van der Waals surface area contributed by atoms with Gasteiger partial charge >= 0.3 is 6.09 Å². The summed E-state index contributed by atoms with van der Waals surface area (Å²) in [6.07, 6.45) is 1.96. The number of nitrogens with one attached hydrogen (secondary N) is 1. The van der Waals surface area contributed by atoms with Gasteiger partial charge in [-0.1, -0.05) is 16.8 Å². The number of hydrogen-bond donors (Lipinski definition) is 2. The van der Waals surface area contributed by atoms with E-state index >= 15 is 0 Å². The van der Waals surface area contributed by atoms with E-state index in [1.807, 2.05) is 0 Å². The first-order valence-corrected chi connectivity index (χ1v) is 6.92. The van der Waals surface area contributed by atoms with E-state index in [9.17, 15) is 4.79 Å². The number of carbonyl (C=O) groups is 1. The zero-order chi connectivity index (χ0) is 17.5. The van der Waals surface area contributed by atoms with Crippen LogP contribution in [0.1, 0.15) is 5.56 Å². The van der Waals surface area contributed by atoms with Gasteiger partial charge in [-0.2, -0.15) is 0 Å². The van der Waals surface area contributed by atoms with Crippen LogP contribution in [-0.2, 0) is 9.57 Å². The first kappa shape index (κ1) is 17.3. The average Bonchev–Trinajstić information content (AvgIpc) is 2.56. The Bertz CT molecular complexity index is 769. The zero-order valence-electron chi connectivity index (χ0n) is 12.8. The number of methoxy groups -OCH3 is 1. The highest BCUT2D eigenvalue weighted by atomic mass is 35.5. The van der Waals surface area contributed by atoms with Gasteiger partial charge in [-0.15, -0.1) is 0 Å². The molecule has 1 heterocycles. The van der Waals surface area contributed by atoms with E-state index in [0.717, 1.165) is 0 Å². The number of amides is 1. The zero-order valence-corrected chi connectivity index (χ0v) is 13.6. The maximum Gasteiger partial charge on any atom is 0.411 e. The molecule has 126 valence electrons. The highest BCUT2D eigenvalue weighted by Crippen LogP contribution is 2.32. The van der Waals surface area contributed by atoms with Gasteiger partial charge in [0.15, 0.2) is 0 Å². The van der Waals surface area contributed by atoms with Crippen LogP contribution in [-0.4, -0.2) is 36.5 Å². The van der Waals surface area contributed by atoms with Crippen LogP contribution in [0.4, 0.5) is 16.3 Å². The number of rotatable bonds is 5. The van der Waals surface area contributed by atoms with Gasteiger partial charge in [-0.05, 0) is 18.2 Å². The van der Waals surface area contributed by atoms with E-state index in [0.29, 0.717) is 17.0 Å². The largest absolute Gasteiger partial charge is 0.453 e. The first-order valence-electron chi connectivity index (χ1n) is 6.54. The number of nitrogens with two attached hydrogens (primary N) is 1. The van der Waals surface area contributed by atoms with Crippen LogP contribution in [0.25, 0.3) is 0 Å². The molecule has 3 N–H and O–H groups in total. The lowest BCUT2D eigenvalue weighted by molar-refractivity contribution is 0.187. The SMILES string of the molecule is CO/N=C/c1c(N)ncnc1Oc1ccc(NC(=O)OC)cc1Cl. The number of hydrogen-bond acceptors (Lipinski definition) is 8. The molecule has 24 heavy (non-hydrogen) atoms. The van der Waals surface area contributed by atoms with Crippen LogP contribution in [0, 0.1) is 0 Å². The second-order valence-corrected chi connectivity index (χ2v) is 4.67. The molecule has 0 spiro atoms. The summed E-state index contributed by atoms with van der Waals surface area (Å²) in [6, 6.07) is 4.65. The van der Waals surface area contributed by atoms with Crippen LogP contribution in [0.2, 0.25) is 5.02 Å². The van der Waals surface area contributed by atoms with Crippen molar-refractivity contribution in [2.24, 2.45) is 5.16 Å². The summed E-state index contributed by atoms with van der Waals surface area (Å²) in [5.74, 6) is 0.622. The van der Waals surface area contributed by atoms with Crippen molar-refractivity contribution in [1.29, 1.82) is 0 Å². The molecule has 0 fully saturated rings. The van der Waals surface area contributed by atoms with E-state index in [-0.39, 0.29) is 16.7 Å². The topological polar surface area (TPSA) is 121 Å². The lowest BCUT2D eigenvalue weighted by Gasteiger charge is -2.11. The maximum absolute atomic E-state index is 11.2. The third kappa shape index (κ3) is 4.23. The molecule has 1 aromatic heterocycles. The van der Waals surface area contributed by atoms with Crippen molar-refractivity contribution in [3.05, 3.63) is 35.1 Å². The predicted molar refractivity (Wildman–Crippen MR) is 88.6 cm³/mol. The van der Waals surface area contributed by atoms with E-state index in [4.69, 9.17) is 22.1 Å². The number of carbonyl (C=O) groups excluding carboxylic acids is 1. The fraction of sp³-hybridized carbons (Fsp3) is 0.143. The summed E-state index contributed by atoms with van der Waals surface area (Å²) in [5, 5.41) is 6.36. The van der Waals surface area contributed by atoms with Gasteiger partial charge in [-0.25, -0.2) is 14.8 Å². The van der Waals surface area contributed by atoms with E-state index in [1.54, 1.807) is 12.1 Å². The Hall–Kier alpha value is -3.07. The molecule has 0 unspecified atom stereocenters. The number of anilines is 2. The molecule has 0 radical (unpaired) electrons. The number of halogens is 1. The van der Waals surface area contributed by atoms with Crippen LogP contribution < -0.4 is 15.8 Å². The molecule has 0 atom stereocenters. The van der Waals surface area contributed by atoms with Crippen molar-refractivity contribution in [1.82, 2.24) is 9.97 Å². The van der Waals surface area contributed by atoms with Crippen molar-refractivity contribution in [3.8, 4) is 11.6 Å². The summed E-state index contributed by atoms with van der Waals surface area (Å²) in [7, 11) is 2.65. The molecule has 1 amide bonds. The van der Waals surface area contributed by atoms with Crippen molar-refractivity contribution in [2.45, 2.75) is 0 Å². The third-order valence-electron chi connectivity index (χ3n) is 2.74. The standard InChI is InChI=1S/C14H14ClN5O4/c1-22-14(21)20-8-3-4-11(10(15)5-8)24-13-9(6-19-23-2)12(16)17-7-18-13/h3-7H,1-2H3,(H,20,21)(H2,16,17,18)/b19-6+. The lowest BCUT2D eigenvalue weighted by Crippen LogP contribution is -2.10. The number of ether oxygens (including phenoxy) is 2. The summed E-state index contributed by atoms with van der Waals surface area (Å²) < 4.78 is 10.2. The number of aromatic nitrogens is 2. The summed E-state index contributed by atoms with van der Waals surface area (Å²) >= 11 is 6.15. The van der Waals surface area contributed by atoms with E-state index in [2.05, 4.69) is 30.0 Å². The van der Waals surface area contributed by atoms with Gasteiger partial charge in [0.1, 0.15) is 30.6 Å². The molecular formula is C14H14ClN5O4. The molecular weight excluding hydrogens is 338 g/mol. The molecule has 9 nitrogen and oxygen atoms in total. The number of nitrogen functional groups attached to an aromatic ring is 1. The Morgan fingerprint density at radius 2 is 2.17 bits per heavy atom. The lowest BCUT2D eigenvalue weighted by atomic mass is 10.3. The number of oxime groups is 1. The third-order valence-corrected chi connectivity index (χ3v) is 3.03.